The van der Waals surface area contributed by atoms with Crippen molar-refractivity contribution < 1.29 is 14.4 Å². The van der Waals surface area contributed by atoms with Crippen molar-refractivity contribution in [2.75, 3.05) is 19.5 Å². The lowest BCUT2D eigenvalue weighted by Crippen LogP contribution is -2.01. The zero-order valence-electron chi connectivity index (χ0n) is 15.7. The number of nitro benzene ring substituents is 1. The molecule has 0 aliphatic rings. The standard InChI is InChI=1S/C20H17N5O4/c1-28-17-7-6-14(11-18(17)29-2)22-19-20-21-8-9-24(20)12-16(23-19)13-4-3-5-15(10-13)25(26)27/h3-12H,1-2H3,(H,22,23). The predicted molar refractivity (Wildman–Crippen MR) is 108 cm³/mol. The number of nitrogens with zero attached hydrogens (tertiary/aromatic N) is 4. The molecule has 29 heavy (non-hydrogen) atoms. The van der Waals surface area contributed by atoms with Gasteiger partial charge in [0.25, 0.3) is 5.69 Å². The molecular formula is C20H17N5O4. The zero-order chi connectivity index (χ0) is 20.4. The van der Waals surface area contributed by atoms with Crippen LogP contribution in [-0.2, 0) is 0 Å². The molecule has 2 aromatic carbocycles. The van der Waals surface area contributed by atoms with Crippen LogP contribution >= 0.6 is 0 Å². The van der Waals surface area contributed by atoms with E-state index < -0.39 is 4.92 Å². The van der Waals surface area contributed by atoms with Crippen LogP contribution in [0.2, 0.25) is 0 Å². The molecule has 0 amide bonds. The van der Waals surface area contributed by atoms with Crippen molar-refractivity contribution in [1.82, 2.24) is 14.4 Å². The summed E-state index contributed by atoms with van der Waals surface area (Å²) in [7, 11) is 3.14. The summed E-state index contributed by atoms with van der Waals surface area (Å²) in [6, 6.07) is 11.8. The maximum Gasteiger partial charge on any atom is 0.270 e. The van der Waals surface area contributed by atoms with Crippen LogP contribution < -0.4 is 14.8 Å². The molecule has 146 valence electrons. The Balaban J connectivity index is 1.78. The number of fused-ring (bicyclic) bond motifs is 1. The Bertz CT molecular complexity index is 1200. The van der Waals surface area contributed by atoms with Gasteiger partial charge in [-0.3, -0.25) is 10.1 Å². The van der Waals surface area contributed by atoms with Gasteiger partial charge in [0, 0.05) is 48.0 Å². The van der Waals surface area contributed by atoms with Gasteiger partial charge in [-0.15, -0.1) is 0 Å². The van der Waals surface area contributed by atoms with E-state index >= 15 is 0 Å². The predicted octanol–water partition coefficient (Wildman–Crippen LogP) is 4.07. The van der Waals surface area contributed by atoms with Crippen LogP contribution in [0.5, 0.6) is 11.5 Å². The van der Waals surface area contributed by atoms with E-state index in [1.165, 1.54) is 12.1 Å². The number of imidazole rings is 1. The molecule has 0 atom stereocenters. The topological polar surface area (TPSA) is 104 Å². The Labute approximate surface area is 165 Å². The van der Waals surface area contributed by atoms with E-state index in [1.54, 1.807) is 57.1 Å². The van der Waals surface area contributed by atoms with Gasteiger partial charge in [0.15, 0.2) is 23.0 Å². The van der Waals surface area contributed by atoms with Crippen LogP contribution in [0.4, 0.5) is 17.2 Å². The lowest BCUT2D eigenvalue weighted by Gasteiger charge is -2.12. The van der Waals surface area contributed by atoms with E-state index in [-0.39, 0.29) is 5.69 Å². The van der Waals surface area contributed by atoms with Crippen LogP contribution in [0.15, 0.2) is 61.1 Å². The summed E-state index contributed by atoms with van der Waals surface area (Å²) in [5.41, 5.74) is 2.56. The molecule has 0 saturated carbocycles. The molecule has 0 aliphatic carbocycles. The second kappa shape index (κ2) is 7.47. The minimum absolute atomic E-state index is 0.00410. The monoisotopic (exact) mass is 391 g/mol. The highest BCUT2D eigenvalue weighted by Crippen LogP contribution is 2.32. The molecule has 0 bridgehead atoms. The fraction of sp³-hybridized carbons (Fsp3) is 0.100. The Kier molecular flexibility index (Phi) is 4.70. The summed E-state index contributed by atoms with van der Waals surface area (Å²) in [5.74, 6) is 1.69. The summed E-state index contributed by atoms with van der Waals surface area (Å²) >= 11 is 0. The molecule has 9 heteroatoms. The Morgan fingerprint density at radius 3 is 2.69 bits per heavy atom. The normalized spacial score (nSPS) is 10.7. The summed E-state index contributed by atoms with van der Waals surface area (Å²) in [5, 5.41) is 14.4. The van der Waals surface area contributed by atoms with Crippen molar-refractivity contribution in [3.05, 3.63) is 71.2 Å². The van der Waals surface area contributed by atoms with E-state index in [9.17, 15) is 10.1 Å². The van der Waals surface area contributed by atoms with Crippen LogP contribution in [0, 0.1) is 10.1 Å². The number of rotatable bonds is 6. The smallest absolute Gasteiger partial charge is 0.270 e. The molecule has 2 aromatic heterocycles. The number of ether oxygens (including phenoxy) is 2. The Morgan fingerprint density at radius 1 is 1.10 bits per heavy atom. The first-order chi connectivity index (χ1) is 14.1. The Hall–Kier alpha value is -4.14. The first kappa shape index (κ1) is 18.2. The average Bonchev–Trinajstić information content (AvgIpc) is 3.22. The van der Waals surface area contributed by atoms with Crippen molar-refractivity contribution in [2.45, 2.75) is 0 Å². The molecule has 1 N–H and O–H groups in total. The largest absolute Gasteiger partial charge is 0.493 e. The van der Waals surface area contributed by atoms with Crippen LogP contribution in [-0.4, -0.2) is 33.5 Å². The molecule has 4 aromatic rings. The molecule has 0 aliphatic heterocycles. The average molecular weight is 391 g/mol. The zero-order valence-corrected chi connectivity index (χ0v) is 15.7. The van der Waals surface area contributed by atoms with Gasteiger partial charge in [-0.05, 0) is 12.1 Å². The summed E-state index contributed by atoms with van der Waals surface area (Å²) in [6.45, 7) is 0. The van der Waals surface area contributed by atoms with Gasteiger partial charge in [0.05, 0.1) is 24.8 Å². The maximum absolute atomic E-state index is 11.1. The van der Waals surface area contributed by atoms with Gasteiger partial charge in [0.2, 0.25) is 0 Å². The molecular weight excluding hydrogens is 374 g/mol. The molecule has 0 fully saturated rings. The first-order valence-corrected chi connectivity index (χ1v) is 8.66. The van der Waals surface area contributed by atoms with Crippen molar-refractivity contribution >= 4 is 22.8 Å². The number of nitro groups is 1. The number of methoxy groups -OCH3 is 2. The van der Waals surface area contributed by atoms with Gasteiger partial charge >= 0.3 is 0 Å². The fourth-order valence-corrected chi connectivity index (χ4v) is 2.98. The third-order valence-electron chi connectivity index (χ3n) is 4.37. The van der Waals surface area contributed by atoms with Crippen LogP contribution in [0.3, 0.4) is 0 Å². The van der Waals surface area contributed by atoms with Crippen molar-refractivity contribution in [3.8, 4) is 22.8 Å². The molecule has 9 nitrogen and oxygen atoms in total. The van der Waals surface area contributed by atoms with Crippen molar-refractivity contribution in [3.63, 3.8) is 0 Å². The maximum atomic E-state index is 11.1. The Morgan fingerprint density at radius 2 is 1.93 bits per heavy atom. The summed E-state index contributed by atoms with van der Waals surface area (Å²) in [4.78, 5) is 19.7. The number of nitrogens with one attached hydrogen (secondary N) is 1. The molecule has 0 spiro atoms. The first-order valence-electron chi connectivity index (χ1n) is 8.66. The highest BCUT2D eigenvalue weighted by molar-refractivity contribution is 5.75. The third-order valence-corrected chi connectivity index (χ3v) is 4.37. The van der Waals surface area contributed by atoms with Gasteiger partial charge in [0.1, 0.15) is 0 Å². The van der Waals surface area contributed by atoms with Crippen LogP contribution in [0.25, 0.3) is 16.9 Å². The molecule has 0 radical (unpaired) electrons. The highest BCUT2D eigenvalue weighted by atomic mass is 16.6. The second-order valence-corrected chi connectivity index (χ2v) is 6.14. The lowest BCUT2D eigenvalue weighted by atomic mass is 10.1. The van der Waals surface area contributed by atoms with Crippen molar-refractivity contribution in [1.29, 1.82) is 0 Å². The van der Waals surface area contributed by atoms with E-state index in [0.29, 0.717) is 34.2 Å². The number of hydrogen-bond acceptors (Lipinski definition) is 7. The molecule has 0 unspecified atom stereocenters. The molecule has 0 saturated heterocycles. The summed E-state index contributed by atoms with van der Waals surface area (Å²) in [6.07, 6.45) is 5.23. The molecule has 4 rings (SSSR count). The quantitative estimate of drug-likeness (QED) is 0.390. The minimum atomic E-state index is -0.429. The highest BCUT2D eigenvalue weighted by Gasteiger charge is 2.13. The minimum Gasteiger partial charge on any atom is -0.493 e. The number of anilines is 2. The van der Waals surface area contributed by atoms with Crippen LogP contribution in [0.1, 0.15) is 0 Å². The number of hydrogen-bond donors (Lipinski definition) is 1. The van der Waals surface area contributed by atoms with E-state index in [4.69, 9.17) is 9.47 Å². The second-order valence-electron chi connectivity index (χ2n) is 6.14. The van der Waals surface area contributed by atoms with Gasteiger partial charge in [-0.1, -0.05) is 12.1 Å². The fourth-order valence-electron chi connectivity index (χ4n) is 2.98. The molecule has 2 heterocycles. The van der Waals surface area contributed by atoms with Gasteiger partial charge in [-0.2, -0.15) is 0 Å². The van der Waals surface area contributed by atoms with Gasteiger partial charge < -0.3 is 19.2 Å². The van der Waals surface area contributed by atoms with E-state index in [0.717, 1.165) is 5.69 Å². The third kappa shape index (κ3) is 3.53. The lowest BCUT2D eigenvalue weighted by molar-refractivity contribution is -0.384. The van der Waals surface area contributed by atoms with Gasteiger partial charge in [-0.25, -0.2) is 9.97 Å². The van der Waals surface area contributed by atoms with E-state index in [1.807, 2.05) is 10.5 Å². The number of aromatic nitrogens is 3. The summed E-state index contributed by atoms with van der Waals surface area (Å²) < 4.78 is 12.4. The SMILES string of the molecule is COc1ccc(Nc2nc(-c3cccc([N+](=O)[O-])c3)cn3ccnc23)cc1OC. The van der Waals surface area contributed by atoms with E-state index in [2.05, 4.69) is 15.3 Å². The number of non-ortho nitro benzene ring substituents is 1. The number of benzene rings is 2. The van der Waals surface area contributed by atoms with Crippen molar-refractivity contribution in [2.24, 2.45) is 0 Å².